The molecule has 1 aliphatic heterocycles. The quantitative estimate of drug-likeness (QED) is 0.775. The predicted octanol–water partition coefficient (Wildman–Crippen LogP) is 3.20. The summed E-state index contributed by atoms with van der Waals surface area (Å²) in [7, 11) is 0. The molecule has 4 rings (SSSR count). The molecule has 0 amide bonds. The number of aliphatic hydroxyl groups excluding tert-OH is 1. The van der Waals surface area contributed by atoms with Crippen LogP contribution in [-0.2, 0) is 19.5 Å². The van der Waals surface area contributed by atoms with Gasteiger partial charge in [-0.05, 0) is 42.3 Å². The molecule has 0 fully saturated rings. The van der Waals surface area contributed by atoms with Crippen LogP contribution in [0, 0.1) is 18.3 Å². The summed E-state index contributed by atoms with van der Waals surface area (Å²) < 4.78 is 2.27. The van der Waals surface area contributed by atoms with Crippen LogP contribution in [0.1, 0.15) is 34.1 Å². The second-order valence-electron chi connectivity index (χ2n) is 6.73. The van der Waals surface area contributed by atoms with Gasteiger partial charge in [0, 0.05) is 36.1 Å². The molecule has 2 N–H and O–H groups in total. The normalized spacial score (nSPS) is 14.9. The van der Waals surface area contributed by atoms with E-state index < -0.39 is 6.10 Å². The molecule has 1 aliphatic rings. The van der Waals surface area contributed by atoms with Gasteiger partial charge in [-0.15, -0.1) is 0 Å². The summed E-state index contributed by atoms with van der Waals surface area (Å²) in [5.41, 5.74) is 6.58. The van der Waals surface area contributed by atoms with Crippen LogP contribution in [0.15, 0.2) is 42.5 Å². The van der Waals surface area contributed by atoms with Crippen LogP contribution in [0.3, 0.4) is 0 Å². The monoisotopic (exact) mass is 331 g/mol. The first-order valence-corrected chi connectivity index (χ1v) is 8.67. The Morgan fingerprint density at radius 2 is 2.04 bits per heavy atom. The van der Waals surface area contributed by atoms with Crippen LogP contribution in [0.25, 0.3) is 10.9 Å². The van der Waals surface area contributed by atoms with Gasteiger partial charge in [-0.1, -0.05) is 23.8 Å². The number of aliphatic hydroxyl groups is 1. The number of nitriles is 1. The Morgan fingerprint density at radius 1 is 1.24 bits per heavy atom. The molecule has 0 spiro atoms. The number of nitrogens with zero attached hydrogens (tertiary/aromatic N) is 2. The van der Waals surface area contributed by atoms with Crippen molar-refractivity contribution in [3.63, 3.8) is 0 Å². The molecule has 126 valence electrons. The van der Waals surface area contributed by atoms with E-state index in [-0.39, 0.29) is 0 Å². The van der Waals surface area contributed by atoms with Crippen molar-refractivity contribution < 1.29 is 5.11 Å². The second kappa shape index (κ2) is 6.36. The molecule has 0 aliphatic carbocycles. The van der Waals surface area contributed by atoms with E-state index in [9.17, 15) is 5.11 Å². The number of rotatable bonds is 3. The first-order valence-electron chi connectivity index (χ1n) is 8.67. The highest BCUT2D eigenvalue weighted by molar-refractivity contribution is 5.86. The SMILES string of the molecule is Cc1ccc2c(c1)c1c(n2CC(O)c2ccc(C#N)cc2)CCNC1. The minimum Gasteiger partial charge on any atom is -0.387 e. The van der Waals surface area contributed by atoms with Crippen molar-refractivity contribution >= 4 is 10.9 Å². The van der Waals surface area contributed by atoms with Gasteiger partial charge in [-0.2, -0.15) is 5.26 Å². The molecule has 25 heavy (non-hydrogen) atoms. The number of hydrogen-bond acceptors (Lipinski definition) is 3. The summed E-state index contributed by atoms with van der Waals surface area (Å²) in [6.45, 7) is 4.50. The lowest BCUT2D eigenvalue weighted by Crippen LogP contribution is -2.25. The Bertz CT molecular complexity index is 963. The van der Waals surface area contributed by atoms with E-state index in [2.05, 4.69) is 41.1 Å². The Morgan fingerprint density at radius 3 is 2.80 bits per heavy atom. The summed E-state index contributed by atoms with van der Waals surface area (Å²) in [6, 6.07) is 15.8. The molecule has 4 heteroatoms. The van der Waals surface area contributed by atoms with Gasteiger partial charge in [0.15, 0.2) is 0 Å². The molecule has 0 saturated carbocycles. The predicted molar refractivity (Wildman–Crippen MR) is 98.2 cm³/mol. The lowest BCUT2D eigenvalue weighted by molar-refractivity contribution is 0.157. The highest BCUT2D eigenvalue weighted by Crippen LogP contribution is 2.31. The molecular formula is C21H21N3O. The van der Waals surface area contributed by atoms with E-state index in [1.807, 2.05) is 12.1 Å². The number of aromatic nitrogens is 1. The van der Waals surface area contributed by atoms with E-state index in [1.165, 1.54) is 27.7 Å². The first kappa shape index (κ1) is 15.9. The first-order chi connectivity index (χ1) is 12.2. The molecule has 1 unspecified atom stereocenters. The molecule has 0 bridgehead atoms. The van der Waals surface area contributed by atoms with Gasteiger partial charge in [-0.3, -0.25) is 0 Å². The van der Waals surface area contributed by atoms with Gasteiger partial charge >= 0.3 is 0 Å². The van der Waals surface area contributed by atoms with Crippen LogP contribution in [0.5, 0.6) is 0 Å². The molecule has 3 aromatic rings. The number of fused-ring (bicyclic) bond motifs is 3. The lowest BCUT2D eigenvalue weighted by Gasteiger charge is -2.19. The third-order valence-electron chi connectivity index (χ3n) is 5.06. The fourth-order valence-electron chi connectivity index (χ4n) is 3.76. The van der Waals surface area contributed by atoms with Crippen LogP contribution in [-0.4, -0.2) is 16.2 Å². The van der Waals surface area contributed by atoms with Gasteiger partial charge in [0.2, 0.25) is 0 Å². The molecule has 0 radical (unpaired) electrons. The van der Waals surface area contributed by atoms with Crippen molar-refractivity contribution in [3.8, 4) is 6.07 Å². The van der Waals surface area contributed by atoms with Crippen LogP contribution < -0.4 is 5.32 Å². The van der Waals surface area contributed by atoms with Crippen LogP contribution in [0.2, 0.25) is 0 Å². The molecule has 2 aromatic carbocycles. The van der Waals surface area contributed by atoms with Crippen molar-refractivity contribution in [2.24, 2.45) is 0 Å². The van der Waals surface area contributed by atoms with Crippen molar-refractivity contribution in [2.45, 2.75) is 32.5 Å². The van der Waals surface area contributed by atoms with E-state index in [4.69, 9.17) is 5.26 Å². The Labute approximate surface area is 147 Å². The standard InChI is InChI=1S/C21H21N3O/c1-14-2-7-19-17(10-14)18-12-23-9-8-20(18)24(19)13-21(25)16-5-3-15(11-22)4-6-16/h2-7,10,21,23,25H,8-9,12-13H2,1H3. The Kier molecular flexibility index (Phi) is 4.04. The second-order valence-corrected chi connectivity index (χ2v) is 6.73. The molecular weight excluding hydrogens is 310 g/mol. The summed E-state index contributed by atoms with van der Waals surface area (Å²) in [6.07, 6.45) is 0.381. The largest absolute Gasteiger partial charge is 0.387 e. The van der Waals surface area contributed by atoms with Gasteiger partial charge < -0.3 is 15.0 Å². The average molecular weight is 331 g/mol. The highest BCUT2D eigenvalue weighted by Gasteiger charge is 2.21. The number of aryl methyl sites for hydroxylation is 1. The van der Waals surface area contributed by atoms with Crippen molar-refractivity contribution in [1.29, 1.82) is 5.26 Å². The summed E-state index contributed by atoms with van der Waals surface area (Å²) >= 11 is 0. The molecule has 2 heterocycles. The fourth-order valence-corrected chi connectivity index (χ4v) is 3.76. The van der Waals surface area contributed by atoms with E-state index in [0.29, 0.717) is 12.1 Å². The number of nitrogens with one attached hydrogen (secondary N) is 1. The third kappa shape index (κ3) is 2.82. The van der Waals surface area contributed by atoms with E-state index in [1.54, 1.807) is 12.1 Å². The van der Waals surface area contributed by atoms with Gasteiger partial charge in [0.1, 0.15) is 0 Å². The minimum atomic E-state index is -0.594. The van der Waals surface area contributed by atoms with Gasteiger partial charge in [0.25, 0.3) is 0 Å². The van der Waals surface area contributed by atoms with E-state index >= 15 is 0 Å². The smallest absolute Gasteiger partial charge is 0.0991 e. The number of benzene rings is 2. The third-order valence-corrected chi connectivity index (χ3v) is 5.06. The van der Waals surface area contributed by atoms with Gasteiger partial charge in [-0.25, -0.2) is 0 Å². The topological polar surface area (TPSA) is 61.0 Å². The zero-order chi connectivity index (χ0) is 17.4. The molecule has 4 nitrogen and oxygen atoms in total. The average Bonchev–Trinajstić information content (AvgIpc) is 2.95. The maximum absolute atomic E-state index is 10.8. The molecule has 1 aromatic heterocycles. The minimum absolute atomic E-state index is 0.529. The summed E-state index contributed by atoms with van der Waals surface area (Å²) in [5, 5.41) is 24.4. The van der Waals surface area contributed by atoms with Crippen LogP contribution in [0.4, 0.5) is 0 Å². The number of hydrogen-bond donors (Lipinski definition) is 2. The van der Waals surface area contributed by atoms with Gasteiger partial charge in [0.05, 0.1) is 24.3 Å². The summed E-state index contributed by atoms with van der Waals surface area (Å²) in [5.74, 6) is 0. The highest BCUT2D eigenvalue weighted by atomic mass is 16.3. The fraction of sp³-hybridized carbons (Fsp3) is 0.286. The maximum Gasteiger partial charge on any atom is 0.0991 e. The van der Waals surface area contributed by atoms with Crippen LogP contribution >= 0.6 is 0 Å². The van der Waals surface area contributed by atoms with Crippen molar-refractivity contribution in [1.82, 2.24) is 9.88 Å². The van der Waals surface area contributed by atoms with E-state index in [0.717, 1.165) is 25.1 Å². The Hall–Kier alpha value is -2.61. The van der Waals surface area contributed by atoms with Crippen molar-refractivity contribution in [2.75, 3.05) is 6.54 Å². The molecule has 0 saturated heterocycles. The molecule has 1 atom stereocenters. The zero-order valence-electron chi connectivity index (χ0n) is 14.3. The maximum atomic E-state index is 10.8. The van der Waals surface area contributed by atoms with Crippen molar-refractivity contribution in [3.05, 3.63) is 70.4 Å². The Balaban J connectivity index is 1.74. The summed E-state index contributed by atoms with van der Waals surface area (Å²) in [4.78, 5) is 0. The lowest BCUT2D eigenvalue weighted by atomic mass is 10.0. The zero-order valence-corrected chi connectivity index (χ0v) is 14.3.